The van der Waals surface area contributed by atoms with E-state index in [1.807, 2.05) is 0 Å². The molecule has 11 heteroatoms. The molecule has 36 heavy (non-hydrogen) atoms. The van der Waals surface area contributed by atoms with Crippen LogP contribution in [-0.2, 0) is 9.59 Å². The van der Waals surface area contributed by atoms with E-state index in [-0.39, 0.29) is 11.3 Å². The van der Waals surface area contributed by atoms with Crippen molar-refractivity contribution < 1.29 is 28.6 Å². The minimum Gasteiger partial charge on any atom is -0.493 e. The van der Waals surface area contributed by atoms with Crippen LogP contribution in [0.2, 0.25) is 5.02 Å². The normalized spacial score (nSPS) is 10.4. The zero-order chi connectivity index (χ0) is 26.1. The molecular weight excluding hydrogens is 488 g/mol. The van der Waals surface area contributed by atoms with Crippen LogP contribution < -0.4 is 30.3 Å². The number of hydrogen-bond acceptors (Lipinski definition) is 7. The molecule has 186 valence electrons. The van der Waals surface area contributed by atoms with E-state index in [9.17, 15) is 14.4 Å². The maximum atomic E-state index is 12.7. The van der Waals surface area contributed by atoms with E-state index in [0.29, 0.717) is 33.5 Å². The molecule has 0 aromatic heterocycles. The van der Waals surface area contributed by atoms with Crippen molar-refractivity contribution in [3.05, 3.63) is 76.8 Å². The minimum atomic E-state index is -1.04. The number of hydrogen-bond donors (Lipinski definition) is 3. The van der Waals surface area contributed by atoms with E-state index in [1.54, 1.807) is 48.5 Å². The Hall–Kier alpha value is -4.57. The van der Waals surface area contributed by atoms with Gasteiger partial charge < -0.3 is 24.8 Å². The van der Waals surface area contributed by atoms with E-state index < -0.39 is 17.7 Å². The van der Waals surface area contributed by atoms with E-state index in [4.69, 9.17) is 25.8 Å². The van der Waals surface area contributed by atoms with E-state index >= 15 is 0 Å². The van der Waals surface area contributed by atoms with Gasteiger partial charge >= 0.3 is 11.8 Å². The molecule has 0 heterocycles. The number of para-hydroxylation sites is 1. The first-order valence-electron chi connectivity index (χ1n) is 10.5. The van der Waals surface area contributed by atoms with Gasteiger partial charge in [0.05, 0.1) is 38.8 Å². The maximum Gasteiger partial charge on any atom is 0.329 e. The van der Waals surface area contributed by atoms with Gasteiger partial charge in [-0.3, -0.25) is 14.4 Å². The van der Waals surface area contributed by atoms with Gasteiger partial charge in [-0.2, -0.15) is 5.10 Å². The molecule has 10 nitrogen and oxygen atoms in total. The van der Waals surface area contributed by atoms with Gasteiger partial charge in [0.15, 0.2) is 11.5 Å². The third-order valence-electron chi connectivity index (χ3n) is 4.79. The molecule has 0 aliphatic heterocycles. The number of ether oxygens (including phenoxy) is 3. The SMILES string of the molecule is COc1cc(C=NNC(=O)C(=O)Nc2ccccc2C(=O)Nc2ccc(Cl)cc2)cc(OC)c1OC. The lowest BCUT2D eigenvalue weighted by atomic mass is 10.1. The number of nitrogens with one attached hydrogen (secondary N) is 3. The van der Waals surface area contributed by atoms with Gasteiger partial charge in [0.25, 0.3) is 5.91 Å². The molecule has 3 N–H and O–H groups in total. The van der Waals surface area contributed by atoms with Gasteiger partial charge in [0.1, 0.15) is 0 Å². The molecule has 3 amide bonds. The largest absolute Gasteiger partial charge is 0.493 e. The van der Waals surface area contributed by atoms with Crippen molar-refractivity contribution in [3.8, 4) is 17.2 Å². The van der Waals surface area contributed by atoms with Gasteiger partial charge in [-0.15, -0.1) is 0 Å². The highest BCUT2D eigenvalue weighted by molar-refractivity contribution is 6.40. The topological polar surface area (TPSA) is 127 Å². The second kappa shape index (κ2) is 12.2. The molecule has 0 saturated heterocycles. The van der Waals surface area contributed by atoms with Gasteiger partial charge in [-0.25, -0.2) is 5.43 Å². The van der Waals surface area contributed by atoms with Crippen LogP contribution in [-0.4, -0.2) is 45.3 Å². The first kappa shape index (κ1) is 26.0. The number of benzene rings is 3. The van der Waals surface area contributed by atoms with Crippen LogP contribution in [0.4, 0.5) is 11.4 Å². The fourth-order valence-electron chi connectivity index (χ4n) is 3.09. The predicted molar refractivity (Wildman–Crippen MR) is 136 cm³/mol. The Morgan fingerprint density at radius 3 is 2.08 bits per heavy atom. The minimum absolute atomic E-state index is 0.151. The summed E-state index contributed by atoms with van der Waals surface area (Å²) in [5.74, 6) is -1.32. The summed E-state index contributed by atoms with van der Waals surface area (Å²) >= 11 is 5.86. The van der Waals surface area contributed by atoms with E-state index in [0.717, 1.165) is 0 Å². The molecule has 3 rings (SSSR count). The van der Waals surface area contributed by atoms with Crippen molar-refractivity contribution in [2.24, 2.45) is 5.10 Å². The quantitative estimate of drug-likeness (QED) is 0.241. The van der Waals surface area contributed by atoms with Crippen LogP contribution in [0.3, 0.4) is 0 Å². The first-order chi connectivity index (χ1) is 17.4. The smallest absolute Gasteiger partial charge is 0.329 e. The number of hydrazone groups is 1. The number of amides is 3. The number of methoxy groups -OCH3 is 3. The molecule has 3 aromatic rings. The second-order valence-corrected chi connectivity index (χ2v) is 7.55. The maximum absolute atomic E-state index is 12.7. The number of carbonyl (C=O) groups excluding carboxylic acids is 3. The number of carbonyl (C=O) groups is 3. The number of nitrogens with zero attached hydrogens (tertiary/aromatic N) is 1. The third kappa shape index (κ3) is 6.51. The van der Waals surface area contributed by atoms with Gasteiger partial charge in [-0.05, 0) is 48.5 Å². The van der Waals surface area contributed by atoms with Crippen molar-refractivity contribution in [1.29, 1.82) is 0 Å². The monoisotopic (exact) mass is 510 g/mol. The molecule has 0 bridgehead atoms. The van der Waals surface area contributed by atoms with Crippen molar-refractivity contribution in [2.75, 3.05) is 32.0 Å². The highest BCUT2D eigenvalue weighted by Crippen LogP contribution is 2.37. The predicted octanol–water partition coefficient (Wildman–Crippen LogP) is 3.71. The summed E-state index contributed by atoms with van der Waals surface area (Å²) in [4.78, 5) is 37.4. The molecule has 0 atom stereocenters. The standard InChI is InChI=1S/C25H23ClN4O6/c1-34-20-12-15(13-21(35-2)22(20)36-3)14-27-30-25(33)24(32)29-19-7-5-4-6-18(19)23(31)28-17-10-8-16(26)9-11-17/h4-14H,1-3H3,(H,28,31)(H,29,32)(H,30,33). The highest BCUT2D eigenvalue weighted by Gasteiger charge is 2.18. The van der Waals surface area contributed by atoms with Crippen LogP contribution in [0.25, 0.3) is 0 Å². The Morgan fingerprint density at radius 1 is 0.833 bits per heavy atom. The lowest BCUT2D eigenvalue weighted by molar-refractivity contribution is -0.136. The summed E-state index contributed by atoms with van der Waals surface area (Å²) in [6.07, 6.45) is 1.31. The molecule has 3 aromatic carbocycles. The first-order valence-corrected chi connectivity index (χ1v) is 10.8. The number of rotatable bonds is 8. The number of halogens is 1. The Kier molecular flexibility index (Phi) is 8.84. The van der Waals surface area contributed by atoms with Crippen molar-refractivity contribution in [2.45, 2.75) is 0 Å². The molecule has 0 aliphatic rings. The van der Waals surface area contributed by atoms with Crippen LogP contribution >= 0.6 is 11.6 Å². The Bertz CT molecular complexity index is 1270. The van der Waals surface area contributed by atoms with Crippen LogP contribution in [0.15, 0.2) is 65.8 Å². The Labute approximate surface area is 212 Å². The van der Waals surface area contributed by atoms with E-state index in [1.165, 1.54) is 39.7 Å². The second-order valence-electron chi connectivity index (χ2n) is 7.12. The molecule has 0 radical (unpaired) electrons. The van der Waals surface area contributed by atoms with Gasteiger partial charge in [-0.1, -0.05) is 23.7 Å². The summed E-state index contributed by atoms with van der Waals surface area (Å²) < 4.78 is 15.8. The van der Waals surface area contributed by atoms with Crippen molar-refractivity contribution in [3.63, 3.8) is 0 Å². The molecule has 0 spiro atoms. The fraction of sp³-hybridized carbons (Fsp3) is 0.120. The lowest BCUT2D eigenvalue weighted by Crippen LogP contribution is -2.33. The average molecular weight is 511 g/mol. The molecule has 0 fully saturated rings. The molecular formula is C25H23ClN4O6. The third-order valence-corrected chi connectivity index (χ3v) is 5.05. The van der Waals surface area contributed by atoms with Crippen LogP contribution in [0, 0.1) is 0 Å². The fourth-order valence-corrected chi connectivity index (χ4v) is 3.22. The molecule has 0 unspecified atom stereocenters. The zero-order valence-corrected chi connectivity index (χ0v) is 20.4. The van der Waals surface area contributed by atoms with E-state index in [2.05, 4.69) is 21.2 Å². The van der Waals surface area contributed by atoms with Crippen molar-refractivity contribution >= 4 is 46.9 Å². The average Bonchev–Trinajstić information content (AvgIpc) is 2.89. The highest BCUT2D eigenvalue weighted by atomic mass is 35.5. The van der Waals surface area contributed by atoms with Gasteiger partial charge in [0, 0.05) is 16.3 Å². The summed E-state index contributed by atoms with van der Waals surface area (Å²) in [6, 6.07) is 16.1. The summed E-state index contributed by atoms with van der Waals surface area (Å²) in [5.41, 5.74) is 3.49. The van der Waals surface area contributed by atoms with Crippen molar-refractivity contribution in [1.82, 2.24) is 5.43 Å². The number of anilines is 2. The summed E-state index contributed by atoms with van der Waals surface area (Å²) in [7, 11) is 4.42. The zero-order valence-electron chi connectivity index (χ0n) is 19.6. The molecule has 0 saturated carbocycles. The molecule has 0 aliphatic carbocycles. The summed E-state index contributed by atoms with van der Waals surface area (Å²) in [6.45, 7) is 0. The summed E-state index contributed by atoms with van der Waals surface area (Å²) in [5, 5.41) is 9.46. The van der Waals surface area contributed by atoms with Crippen LogP contribution in [0.1, 0.15) is 15.9 Å². The lowest BCUT2D eigenvalue weighted by Gasteiger charge is -2.12. The van der Waals surface area contributed by atoms with Gasteiger partial charge in [0.2, 0.25) is 5.75 Å². The van der Waals surface area contributed by atoms with Crippen LogP contribution in [0.5, 0.6) is 17.2 Å². The Morgan fingerprint density at radius 2 is 1.47 bits per heavy atom. The Balaban J connectivity index is 1.66.